The molecule has 0 aliphatic heterocycles. The molecule has 0 aliphatic rings. The fourth-order valence-corrected chi connectivity index (χ4v) is 6.59. The fraction of sp³-hybridized carbons (Fsp3) is 0.860. The Morgan fingerprint density at radius 3 is 1.29 bits per heavy atom. The second-order valence-electron chi connectivity index (χ2n) is 14.7. The molecule has 0 aromatic rings. The molecule has 0 aromatic heterocycles. The predicted molar refractivity (Wildman–Crippen MR) is 216 cm³/mol. The molecular formula is C43H81O8P. The highest BCUT2D eigenvalue weighted by molar-refractivity contribution is 7.46. The van der Waals surface area contributed by atoms with Crippen LogP contribution in [0.15, 0.2) is 24.3 Å². The second-order valence-corrected chi connectivity index (χ2v) is 15.9. The SMILES string of the molecule is CCCCCC/C=C\C/C=C\CCCCCCCC(=O)OC(COC(=O)CCCCCCCCCCCCCCCCCCCC)COP(=O)(O)O. The van der Waals surface area contributed by atoms with Gasteiger partial charge < -0.3 is 19.3 Å². The minimum Gasteiger partial charge on any atom is -0.462 e. The summed E-state index contributed by atoms with van der Waals surface area (Å²) in [6.45, 7) is 3.68. The van der Waals surface area contributed by atoms with Crippen LogP contribution in [0.25, 0.3) is 0 Å². The number of esters is 2. The highest BCUT2D eigenvalue weighted by Gasteiger charge is 2.22. The molecule has 0 aliphatic carbocycles. The number of carbonyl (C=O) groups is 2. The van der Waals surface area contributed by atoms with E-state index in [1.165, 1.54) is 128 Å². The average molecular weight is 757 g/mol. The average Bonchev–Trinajstić information content (AvgIpc) is 3.11. The van der Waals surface area contributed by atoms with E-state index in [1.54, 1.807) is 0 Å². The Morgan fingerprint density at radius 1 is 0.500 bits per heavy atom. The van der Waals surface area contributed by atoms with Crippen LogP contribution in [-0.2, 0) is 28.2 Å². The third-order valence-corrected chi connectivity index (χ3v) is 9.96. The number of phosphoric acid groups is 1. The Morgan fingerprint density at radius 2 is 0.865 bits per heavy atom. The maximum Gasteiger partial charge on any atom is 0.469 e. The zero-order valence-electron chi connectivity index (χ0n) is 33.7. The van der Waals surface area contributed by atoms with Crippen molar-refractivity contribution in [2.45, 2.75) is 225 Å². The van der Waals surface area contributed by atoms with Crippen molar-refractivity contribution in [3.05, 3.63) is 24.3 Å². The molecule has 0 saturated carbocycles. The molecular weight excluding hydrogens is 675 g/mol. The molecule has 1 unspecified atom stereocenters. The largest absolute Gasteiger partial charge is 0.469 e. The Hall–Kier alpha value is -1.47. The van der Waals surface area contributed by atoms with Gasteiger partial charge in [-0.2, -0.15) is 0 Å². The summed E-state index contributed by atoms with van der Waals surface area (Å²) >= 11 is 0. The summed E-state index contributed by atoms with van der Waals surface area (Å²) in [5, 5.41) is 0. The van der Waals surface area contributed by atoms with Gasteiger partial charge in [0.1, 0.15) is 6.61 Å². The van der Waals surface area contributed by atoms with Crippen molar-refractivity contribution >= 4 is 19.8 Å². The van der Waals surface area contributed by atoms with E-state index in [4.69, 9.17) is 19.3 Å². The Bertz CT molecular complexity index is 900. The van der Waals surface area contributed by atoms with Gasteiger partial charge in [0.25, 0.3) is 0 Å². The van der Waals surface area contributed by atoms with E-state index < -0.39 is 32.5 Å². The zero-order chi connectivity index (χ0) is 38.2. The molecule has 0 amide bonds. The summed E-state index contributed by atoms with van der Waals surface area (Å²) in [4.78, 5) is 42.9. The molecule has 306 valence electrons. The van der Waals surface area contributed by atoms with E-state index in [0.717, 1.165) is 57.8 Å². The van der Waals surface area contributed by atoms with Crippen LogP contribution in [-0.4, -0.2) is 41.0 Å². The Kier molecular flexibility index (Phi) is 38.1. The van der Waals surface area contributed by atoms with E-state index in [2.05, 4.69) is 42.7 Å². The predicted octanol–water partition coefficient (Wildman–Crippen LogP) is 13.2. The number of allylic oxidation sites excluding steroid dienone is 4. The highest BCUT2D eigenvalue weighted by Crippen LogP contribution is 2.36. The van der Waals surface area contributed by atoms with Gasteiger partial charge in [-0.3, -0.25) is 14.1 Å². The minimum atomic E-state index is -4.75. The van der Waals surface area contributed by atoms with Gasteiger partial charge in [0.05, 0.1) is 6.61 Å². The van der Waals surface area contributed by atoms with E-state index in [0.29, 0.717) is 6.42 Å². The quantitative estimate of drug-likeness (QED) is 0.0274. The summed E-state index contributed by atoms with van der Waals surface area (Å²) < 4.78 is 26.4. The van der Waals surface area contributed by atoms with Crippen LogP contribution < -0.4 is 0 Å². The first kappa shape index (κ1) is 50.5. The maximum atomic E-state index is 12.4. The number of hydrogen-bond donors (Lipinski definition) is 2. The van der Waals surface area contributed by atoms with E-state index in [1.807, 2.05) is 0 Å². The Labute approximate surface area is 319 Å². The van der Waals surface area contributed by atoms with Gasteiger partial charge in [-0.15, -0.1) is 0 Å². The number of hydrogen-bond acceptors (Lipinski definition) is 6. The summed E-state index contributed by atoms with van der Waals surface area (Å²) in [5.74, 6) is -0.891. The van der Waals surface area contributed by atoms with E-state index in [-0.39, 0.29) is 19.4 Å². The van der Waals surface area contributed by atoms with Gasteiger partial charge in [0.2, 0.25) is 0 Å². The fourth-order valence-electron chi connectivity index (χ4n) is 6.23. The number of rotatable bonds is 40. The highest BCUT2D eigenvalue weighted by atomic mass is 31.2. The summed E-state index contributed by atoms with van der Waals surface area (Å²) in [7, 11) is -4.75. The van der Waals surface area contributed by atoms with Crippen LogP contribution in [0.1, 0.15) is 219 Å². The van der Waals surface area contributed by atoms with Crippen molar-refractivity contribution in [2.24, 2.45) is 0 Å². The van der Waals surface area contributed by atoms with E-state index in [9.17, 15) is 14.2 Å². The molecule has 9 heteroatoms. The van der Waals surface area contributed by atoms with Crippen molar-refractivity contribution in [1.29, 1.82) is 0 Å². The molecule has 1 atom stereocenters. The number of unbranched alkanes of at least 4 members (excludes halogenated alkanes) is 26. The number of phosphoric ester groups is 1. The summed E-state index contributed by atoms with van der Waals surface area (Å²) in [6.07, 6.45) is 44.7. The first-order valence-electron chi connectivity index (χ1n) is 21.6. The molecule has 0 spiro atoms. The maximum absolute atomic E-state index is 12.4. The van der Waals surface area contributed by atoms with Crippen molar-refractivity contribution in [2.75, 3.05) is 13.2 Å². The van der Waals surface area contributed by atoms with Crippen molar-refractivity contribution in [1.82, 2.24) is 0 Å². The van der Waals surface area contributed by atoms with Crippen LogP contribution in [0.5, 0.6) is 0 Å². The molecule has 0 radical (unpaired) electrons. The Balaban J connectivity index is 3.89. The zero-order valence-corrected chi connectivity index (χ0v) is 34.6. The molecule has 0 fully saturated rings. The molecule has 0 bridgehead atoms. The van der Waals surface area contributed by atoms with Crippen LogP contribution in [0, 0.1) is 0 Å². The van der Waals surface area contributed by atoms with Crippen LogP contribution in [0.3, 0.4) is 0 Å². The lowest BCUT2D eigenvalue weighted by Gasteiger charge is -2.18. The van der Waals surface area contributed by atoms with Crippen molar-refractivity contribution in [3.63, 3.8) is 0 Å². The standard InChI is InChI=1S/C43H81O8P/c1-3-5-7-9-11-13-15-17-19-21-22-24-25-27-29-31-33-35-37-42(44)49-39-41(40-50-52(46,47)48)51-43(45)38-36-34-32-30-28-26-23-20-18-16-14-12-10-8-6-4-2/h14,16,20,23,41H,3-13,15,17-19,21-22,24-40H2,1-2H3,(H2,46,47,48)/b16-14-,23-20-. The van der Waals surface area contributed by atoms with Crippen LogP contribution in [0.2, 0.25) is 0 Å². The lowest BCUT2D eigenvalue weighted by molar-refractivity contribution is -0.161. The lowest BCUT2D eigenvalue weighted by Crippen LogP contribution is -2.29. The third-order valence-electron chi connectivity index (χ3n) is 9.47. The molecule has 2 N–H and O–H groups in total. The van der Waals surface area contributed by atoms with Gasteiger partial charge in [-0.25, -0.2) is 4.57 Å². The van der Waals surface area contributed by atoms with Gasteiger partial charge in [0.15, 0.2) is 6.10 Å². The minimum absolute atomic E-state index is 0.199. The van der Waals surface area contributed by atoms with Gasteiger partial charge >= 0.3 is 19.8 Å². The first-order valence-corrected chi connectivity index (χ1v) is 23.2. The van der Waals surface area contributed by atoms with Crippen molar-refractivity contribution in [3.8, 4) is 0 Å². The third kappa shape index (κ3) is 41.3. The van der Waals surface area contributed by atoms with Gasteiger partial charge in [0, 0.05) is 12.8 Å². The monoisotopic (exact) mass is 757 g/mol. The van der Waals surface area contributed by atoms with Crippen LogP contribution in [0.4, 0.5) is 0 Å². The smallest absolute Gasteiger partial charge is 0.462 e. The number of ether oxygens (including phenoxy) is 2. The van der Waals surface area contributed by atoms with Crippen LogP contribution >= 0.6 is 7.82 Å². The second kappa shape index (κ2) is 39.2. The molecule has 0 heterocycles. The molecule has 52 heavy (non-hydrogen) atoms. The lowest BCUT2D eigenvalue weighted by atomic mass is 10.0. The topological polar surface area (TPSA) is 119 Å². The number of carbonyl (C=O) groups excluding carboxylic acids is 2. The van der Waals surface area contributed by atoms with Gasteiger partial charge in [-0.05, 0) is 44.9 Å². The van der Waals surface area contributed by atoms with Crippen molar-refractivity contribution < 1.29 is 37.9 Å². The molecule has 8 nitrogen and oxygen atoms in total. The van der Waals surface area contributed by atoms with E-state index >= 15 is 0 Å². The molecule has 0 aromatic carbocycles. The summed E-state index contributed by atoms with van der Waals surface area (Å²) in [5.41, 5.74) is 0. The normalized spacial score (nSPS) is 12.6. The molecule has 0 saturated heterocycles. The molecule has 0 rings (SSSR count). The first-order chi connectivity index (χ1) is 25.3. The van der Waals surface area contributed by atoms with Gasteiger partial charge in [-0.1, -0.05) is 186 Å². The summed E-state index contributed by atoms with van der Waals surface area (Å²) in [6, 6.07) is 0.